The van der Waals surface area contributed by atoms with E-state index in [1.165, 1.54) is 19.2 Å². The largest absolute Gasteiger partial charge is 0.494 e. The number of ether oxygens (including phenoxy) is 2. The quantitative estimate of drug-likeness (QED) is 0.657. The van der Waals surface area contributed by atoms with Crippen molar-refractivity contribution in [2.45, 2.75) is 6.61 Å². The van der Waals surface area contributed by atoms with Crippen molar-refractivity contribution < 1.29 is 13.9 Å². The Morgan fingerprint density at radius 1 is 1.24 bits per heavy atom. The van der Waals surface area contributed by atoms with E-state index in [9.17, 15) is 4.39 Å². The average Bonchev–Trinajstić information content (AvgIpc) is 2.46. The van der Waals surface area contributed by atoms with E-state index in [2.05, 4.69) is 0 Å². The lowest BCUT2D eigenvalue weighted by molar-refractivity contribution is 0.305. The highest BCUT2D eigenvalue weighted by atomic mass is 35.5. The number of methoxy groups -OCH3 is 1. The van der Waals surface area contributed by atoms with E-state index in [0.29, 0.717) is 21.9 Å². The van der Waals surface area contributed by atoms with Gasteiger partial charge in [-0.05, 0) is 35.9 Å². The van der Waals surface area contributed by atoms with Gasteiger partial charge < -0.3 is 15.2 Å². The molecule has 0 aliphatic rings. The number of halogens is 2. The Hall–Kier alpha value is -2.27. The van der Waals surface area contributed by atoms with Crippen LogP contribution in [0.2, 0.25) is 5.02 Å². The van der Waals surface area contributed by atoms with Gasteiger partial charge in [-0.2, -0.15) is 0 Å². The molecule has 0 saturated heterocycles. The van der Waals surface area contributed by atoms with Crippen molar-refractivity contribution in [1.82, 2.24) is 0 Å². The molecule has 6 heteroatoms. The lowest BCUT2D eigenvalue weighted by Crippen LogP contribution is -2.10. The third-order valence-corrected chi connectivity index (χ3v) is 3.15. The molecule has 0 atom stereocenters. The molecule has 21 heavy (non-hydrogen) atoms. The van der Waals surface area contributed by atoms with Crippen LogP contribution in [0.4, 0.5) is 4.39 Å². The van der Waals surface area contributed by atoms with Crippen molar-refractivity contribution in [3.63, 3.8) is 0 Å². The normalized spacial score (nSPS) is 10.2. The molecule has 3 N–H and O–H groups in total. The average molecular weight is 309 g/mol. The van der Waals surface area contributed by atoms with Crippen molar-refractivity contribution >= 4 is 17.4 Å². The van der Waals surface area contributed by atoms with Crippen LogP contribution in [0.3, 0.4) is 0 Å². The number of amidine groups is 1. The van der Waals surface area contributed by atoms with Gasteiger partial charge in [-0.1, -0.05) is 17.7 Å². The third kappa shape index (κ3) is 3.64. The minimum Gasteiger partial charge on any atom is -0.494 e. The topological polar surface area (TPSA) is 68.3 Å². The van der Waals surface area contributed by atoms with Gasteiger partial charge >= 0.3 is 0 Å². The van der Waals surface area contributed by atoms with E-state index >= 15 is 0 Å². The van der Waals surface area contributed by atoms with E-state index in [-0.39, 0.29) is 18.2 Å². The number of hydrogen-bond acceptors (Lipinski definition) is 3. The molecule has 0 aliphatic carbocycles. The Morgan fingerprint density at radius 3 is 2.52 bits per heavy atom. The zero-order valence-electron chi connectivity index (χ0n) is 11.3. The van der Waals surface area contributed by atoms with Crippen LogP contribution in [0.5, 0.6) is 11.5 Å². The maximum atomic E-state index is 13.6. The first kappa shape index (κ1) is 15.1. The molecule has 2 aromatic carbocycles. The Labute approximate surface area is 126 Å². The van der Waals surface area contributed by atoms with Crippen LogP contribution in [0.25, 0.3) is 0 Å². The minimum atomic E-state index is -0.448. The van der Waals surface area contributed by atoms with Crippen LogP contribution in [0.15, 0.2) is 36.4 Å². The van der Waals surface area contributed by atoms with E-state index < -0.39 is 5.82 Å². The summed E-state index contributed by atoms with van der Waals surface area (Å²) in [5, 5.41) is 7.67. The second-order valence-corrected chi connectivity index (χ2v) is 4.72. The van der Waals surface area contributed by atoms with Crippen LogP contribution in [-0.4, -0.2) is 12.9 Å². The van der Waals surface area contributed by atoms with Crippen molar-refractivity contribution in [2.75, 3.05) is 7.11 Å². The van der Waals surface area contributed by atoms with Gasteiger partial charge in [0, 0.05) is 5.56 Å². The van der Waals surface area contributed by atoms with Gasteiger partial charge in [-0.3, -0.25) is 5.41 Å². The van der Waals surface area contributed by atoms with Gasteiger partial charge in [0.05, 0.1) is 12.1 Å². The summed E-state index contributed by atoms with van der Waals surface area (Å²) in [4.78, 5) is 0. The second kappa shape index (κ2) is 6.45. The molecule has 0 spiro atoms. The zero-order chi connectivity index (χ0) is 15.4. The summed E-state index contributed by atoms with van der Waals surface area (Å²) in [6.07, 6.45) is 0. The highest BCUT2D eigenvalue weighted by Gasteiger charge is 2.07. The summed E-state index contributed by atoms with van der Waals surface area (Å²) < 4.78 is 23.9. The Balaban J connectivity index is 2.09. The smallest absolute Gasteiger partial charge is 0.165 e. The molecule has 0 bridgehead atoms. The molecule has 0 heterocycles. The van der Waals surface area contributed by atoms with Crippen molar-refractivity contribution in [3.05, 3.63) is 58.4 Å². The van der Waals surface area contributed by atoms with E-state index in [1.54, 1.807) is 24.3 Å². The SMILES string of the molecule is COc1ccc(COc2ccc(C(=N)N)cc2Cl)cc1F. The fourth-order valence-electron chi connectivity index (χ4n) is 1.75. The van der Waals surface area contributed by atoms with Gasteiger partial charge in [0.15, 0.2) is 11.6 Å². The lowest BCUT2D eigenvalue weighted by Gasteiger charge is -2.10. The van der Waals surface area contributed by atoms with Gasteiger partial charge in [0.1, 0.15) is 18.2 Å². The second-order valence-electron chi connectivity index (χ2n) is 4.32. The van der Waals surface area contributed by atoms with Crippen LogP contribution >= 0.6 is 11.6 Å². The molecular formula is C15H14ClFN2O2. The number of nitrogens with one attached hydrogen (secondary N) is 1. The van der Waals surface area contributed by atoms with Gasteiger partial charge in [-0.25, -0.2) is 4.39 Å². The van der Waals surface area contributed by atoms with Gasteiger partial charge in [-0.15, -0.1) is 0 Å². The fraction of sp³-hybridized carbons (Fsp3) is 0.133. The summed E-state index contributed by atoms with van der Waals surface area (Å²) in [6.45, 7) is 0.167. The summed E-state index contributed by atoms with van der Waals surface area (Å²) in [5.41, 5.74) is 6.54. The molecule has 2 rings (SSSR count). The molecule has 0 amide bonds. The molecule has 0 aromatic heterocycles. The van der Waals surface area contributed by atoms with Gasteiger partial charge in [0.2, 0.25) is 0 Å². The molecule has 0 unspecified atom stereocenters. The Kier molecular flexibility index (Phi) is 4.65. The summed E-state index contributed by atoms with van der Waals surface area (Å²) >= 11 is 6.05. The van der Waals surface area contributed by atoms with Crippen LogP contribution < -0.4 is 15.2 Å². The molecule has 4 nitrogen and oxygen atoms in total. The number of nitrogen functional groups attached to an aromatic ring is 1. The third-order valence-electron chi connectivity index (χ3n) is 2.85. The van der Waals surface area contributed by atoms with E-state index in [4.69, 9.17) is 32.2 Å². The summed E-state index contributed by atoms with van der Waals surface area (Å²) in [7, 11) is 1.41. The standard InChI is InChI=1S/C15H14ClFN2O2/c1-20-14-4-2-9(6-12(14)17)8-21-13-5-3-10(15(18)19)7-11(13)16/h2-7H,8H2,1H3,(H3,18,19). The van der Waals surface area contributed by atoms with Crippen LogP contribution in [0.1, 0.15) is 11.1 Å². The number of benzene rings is 2. The molecule has 0 radical (unpaired) electrons. The monoisotopic (exact) mass is 308 g/mol. The van der Waals surface area contributed by atoms with Crippen molar-refractivity contribution in [3.8, 4) is 11.5 Å². The zero-order valence-corrected chi connectivity index (χ0v) is 12.1. The molecular weight excluding hydrogens is 295 g/mol. The highest BCUT2D eigenvalue weighted by Crippen LogP contribution is 2.26. The molecule has 0 saturated carbocycles. The summed E-state index contributed by atoms with van der Waals surface area (Å²) in [6, 6.07) is 9.40. The van der Waals surface area contributed by atoms with E-state index in [0.717, 1.165) is 0 Å². The van der Waals surface area contributed by atoms with Crippen LogP contribution in [0, 0.1) is 11.2 Å². The fourth-order valence-corrected chi connectivity index (χ4v) is 1.98. The Morgan fingerprint density at radius 2 is 1.95 bits per heavy atom. The minimum absolute atomic E-state index is 0.0688. The predicted molar refractivity (Wildman–Crippen MR) is 79.8 cm³/mol. The Bertz CT molecular complexity index is 677. The molecule has 110 valence electrons. The predicted octanol–water partition coefficient (Wildman–Crippen LogP) is 3.35. The maximum Gasteiger partial charge on any atom is 0.165 e. The van der Waals surface area contributed by atoms with Crippen LogP contribution in [-0.2, 0) is 6.61 Å². The number of rotatable bonds is 5. The van der Waals surface area contributed by atoms with E-state index in [1.807, 2.05) is 0 Å². The summed E-state index contributed by atoms with van der Waals surface area (Å²) in [5.74, 6) is 0.109. The molecule has 0 fully saturated rings. The van der Waals surface area contributed by atoms with Crippen molar-refractivity contribution in [2.24, 2.45) is 5.73 Å². The first-order valence-corrected chi connectivity index (χ1v) is 6.48. The first-order chi connectivity index (χ1) is 10.0. The van der Waals surface area contributed by atoms with Gasteiger partial charge in [0.25, 0.3) is 0 Å². The van der Waals surface area contributed by atoms with Crippen molar-refractivity contribution in [1.29, 1.82) is 5.41 Å². The highest BCUT2D eigenvalue weighted by molar-refractivity contribution is 6.32. The lowest BCUT2D eigenvalue weighted by atomic mass is 10.2. The molecule has 0 aliphatic heterocycles. The maximum absolute atomic E-state index is 13.6. The number of hydrogen-bond donors (Lipinski definition) is 2. The first-order valence-electron chi connectivity index (χ1n) is 6.10. The molecule has 2 aromatic rings. The number of nitrogens with two attached hydrogens (primary N) is 1.